The zero-order chi connectivity index (χ0) is 19.5. The zero-order valence-electron chi connectivity index (χ0n) is 15.4. The number of methoxy groups -OCH3 is 1. The summed E-state index contributed by atoms with van der Waals surface area (Å²) in [6.07, 6.45) is 1.91. The van der Waals surface area contributed by atoms with Crippen molar-refractivity contribution in [3.05, 3.63) is 32.7 Å². The van der Waals surface area contributed by atoms with Crippen molar-refractivity contribution in [2.75, 3.05) is 37.5 Å². The van der Waals surface area contributed by atoms with Gasteiger partial charge in [0.1, 0.15) is 11.2 Å². The number of fused-ring (bicyclic) bond motifs is 1. The average Bonchev–Trinajstić information content (AvgIpc) is 3.41. The number of aromatic nitrogens is 2. The van der Waals surface area contributed by atoms with Crippen LogP contribution in [0.5, 0.6) is 5.75 Å². The average molecular weight is 416 g/mol. The largest absolute Gasteiger partial charge is 0.492 e. The molecule has 4 rings (SSSR count). The van der Waals surface area contributed by atoms with E-state index >= 15 is 4.39 Å². The summed E-state index contributed by atoms with van der Waals surface area (Å²) in [4.78, 5) is 26.7. The minimum atomic E-state index is -1.12. The van der Waals surface area contributed by atoms with E-state index in [0.717, 1.165) is 18.9 Å². The van der Waals surface area contributed by atoms with E-state index in [0.29, 0.717) is 17.6 Å². The Balaban J connectivity index is 0.00000225. The molecule has 1 atom stereocenters. The third kappa shape index (κ3) is 2.92. The van der Waals surface area contributed by atoms with Crippen molar-refractivity contribution in [2.24, 2.45) is 5.73 Å². The molecule has 0 radical (unpaired) electrons. The SMILES string of the molecule is COc1c(N2CCC(O)(CN)C2)c(F)cc2c(=O)n(N)c(=O)n(C3CC3)c12.Cl. The summed E-state index contributed by atoms with van der Waals surface area (Å²) >= 11 is 0. The van der Waals surface area contributed by atoms with Crippen LogP contribution in [0.25, 0.3) is 10.9 Å². The molecule has 11 heteroatoms. The second-order valence-corrected chi connectivity index (χ2v) is 7.30. The molecular formula is C17H23ClFN5O4. The topological polar surface area (TPSA) is 129 Å². The molecule has 2 fully saturated rings. The molecule has 1 aliphatic heterocycles. The second-order valence-electron chi connectivity index (χ2n) is 7.30. The maximum Gasteiger partial charge on any atom is 0.350 e. The standard InChI is InChI=1S/C17H22FN5O4.ClH/c1-27-14-12-10(15(24)23(20)16(25)22(12)9-2-3-9)6-11(18)13(14)21-5-4-17(26,7-19)8-21;/h6,9,26H,2-5,7-8,19-20H2,1H3;1H. The third-order valence-electron chi connectivity index (χ3n) is 5.43. The Morgan fingerprint density at radius 3 is 2.61 bits per heavy atom. The number of nitrogen functional groups attached to an aromatic ring is 1. The lowest BCUT2D eigenvalue weighted by molar-refractivity contribution is 0.0725. The van der Waals surface area contributed by atoms with Crippen LogP contribution in [0.2, 0.25) is 0 Å². The lowest BCUT2D eigenvalue weighted by Crippen LogP contribution is -2.44. The number of rotatable bonds is 4. The maximum absolute atomic E-state index is 15.0. The number of nitrogens with two attached hydrogens (primary N) is 2. The Morgan fingerprint density at radius 2 is 2.07 bits per heavy atom. The highest BCUT2D eigenvalue weighted by molar-refractivity contribution is 5.91. The van der Waals surface area contributed by atoms with Crippen LogP contribution in [0.15, 0.2) is 15.7 Å². The van der Waals surface area contributed by atoms with Crippen LogP contribution in [0, 0.1) is 5.82 Å². The molecule has 2 aromatic rings. The van der Waals surface area contributed by atoms with Crippen LogP contribution in [-0.2, 0) is 0 Å². The highest BCUT2D eigenvalue weighted by Gasteiger charge is 2.38. The van der Waals surface area contributed by atoms with Crippen molar-refractivity contribution in [1.82, 2.24) is 9.24 Å². The summed E-state index contributed by atoms with van der Waals surface area (Å²) in [5.74, 6) is 5.03. The predicted octanol–water partition coefficient (Wildman–Crippen LogP) is -0.319. The van der Waals surface area contributed by atoms with Gasteiger partial charge < -0.3 is 26.3 Å². The van der Waals surface area contributed by atoms with E-state index in [-0.39, 0.29) is 53.9 Å². The van der Waals surface area contributed by atoms with Gasteiger partial charge in [-0.25, -0.2) is 9.18 Å². The molecule has 0 bridgehead atoms. The summed E-state index contributed by atoms with van der Waals surface area (Å²) in [7, 11) is 1.36. The summed E-state index contributed by atoms with van der Waals surface area (Å²) < 4.78 is 22.4. The Labute approximate surface area is 165 Å². The molecule has 0 spiro atoms. The van der Waals surface area contributed by atoms with Gasteiger partial charge in [-0.1, -0.05) is 0 Å². The molecular weight excluding hydrogens is 393 g/mol. The monoisotopic (exact) mass is 415 g/mol. The van der Waals surface area contributed by atoms with Gasteiger partial charge in [0.05, 0.1) is 18.1 Å². The Morgan fingerprint density at radius 1 is 1.39 bits per heavy atom. The van der Waals surface area contributed by atoms with Gasteiger partial charge in [-0.05, 0) is 25.3 Å². The smallest absolute Gasteiger partial charge is 0.350 e. The van der Waals surface area contributed by atoms with Gasteiger partial charge in [-0.3, -0.25) is 9.36 Å². The second kappa shape index (κ2) is 6.94. The van der Waals surface area contributed by atoms with E-state index in [1.165, 1.54) is 11.7 Å². The quantitative estimate of drug-likeness (QED) is 0.584. The van der Waals surface area contributed by atoms with Gasteiger partial charge in [0, 0.05) is 25.7 Å². The molecule has 1 aliphatic carbocycles. The van der Waals surface area contributed by atoms with Gasteiger partial charge in [0.25, 0.3) is 5.56 Å². The highest BCUT2D eigenvalue weighted by Crippen LogP contribution is 2.43. The molecule has 1 aromatic carbocycles. The van der Waals surface area contributed by atoms with Crippen LogP contribution < -0.4 is 32.5 Å². The number of halogens is 2. The van der Waals surface area contributed by atoms with E-state index in [4.69, 9.17) is 16.3 Å². The van der Waals surface area contributed by atoms with E-state index in [1.54, 1.807) is 4.90 Å². The fourth-order valence-corrected chi connectivity index (χ4v) is 3.81. The van der Waals surface area contributed by atoms with Gasteiger partial charge in [0.2, 0.25) is 0 Å². The molecule has 28 heavy (non-hydrogen) atoms. The van der Waals surface area contributed by atoms with Gasteiger partial charge in [0.15, 0.2) is 11.6 Å². The molecule has 1 saturated heterocycles. The molecule has 2 aliphatic rings. The number of β-amino-alcohol motifs (C(OH)–C–C–N with tert-alkyl or cyclic N) is 1. The number of benzene rings is 1. The Kier molecular flexibility index (Phi) is 5.07. The first kappa shape index (κ1) is 20.4. The van der Waals surface area contributed by atoms with Crippen molar-refractivity contribution >= 4 is 29.0 Å². The van der Waals surface area contributed by atoms with Crippen LogP contribution >= 0.6 is 12.4 Å². The predicted molar refractivity (Wildman–Crippen MR) is 105 cm³/mol. The van der Waals surface area contributed by atoms with Crippen LogP contribution in [0.4, 0.5) is 10.1 Å². The normalized spacial score (nSPS) is 21.8. The van der Waals surface area contributed by atoms with E-state index in [9.17, 15) is 14.7 Å². The summed E-state index contributed by atoms with van der Waals surface area (Å²) in [6.45, 7) is 0.545. The van der Waals surface area contributed by atoms with Crippen molar-refractivity contribution in [2.45, 2.75) is 30.9 Å². The van der Waals surface area contributed by atoms with Crippen molar-refractivity contribution < 1.29 is 14.2 Å². The Bertz CT molecular complexity index is 1050. The van der Waals surface area contributed by atoms with Crippen molar-refractivity contribution in [3.63, 3.8) is 0 Å². The number of aliphatic hydroxyl groups is 1. The number of ether oxygens (including phenoxy) is 1. The van der Waals surface area contributed by atoms with Gasteiger partial charge >= 0.3 is 5.69 Å². The van der Waals surface area contributed by atoms with E-state index < -0.39 is 22.7 Å². The molecule has 1 aromatic heterocycles. The minimum Gasteiger partial charge on any atom is -0.492 e. The van der Waals surface area contributed by atoms with Gasteiger partial charge in [-0.2, -0.15) is 4.68 Å². The lowest BCUT2D eigenvalue weighted by Gasteiger charge is -2.26. The zero-order valence-corrected chi connectivity index (χ0v) is 16.2. The lowest BCUT2D eigenvalue weighted by atomic mass is 10.0. The molecule has 154 valence electrons. The number of hydrogen-bond donors (Lipinski definition) is 3. The first-order valence-electron chi connectivity index (χ1n) is 8.81. The number of hydrogen-bond acceptors (Lipinski definition) is 7. The number of nitrogens with zero attached hydrogens (tertiary/aromatic N) is 3. The molecule has 1 unspecified atom stereocenters. The highest BCUT2D eigenvalue weighted by atomic mass is 35.5. The van der Waals surface area contributed by atoms with Crippen LogP contribution in [-0.4, -0.2) is 46.7 Å². The fourth-order valence-electron chi connectivity index (χ4n) is 3.81. The van der Waals surface area contributed by atoms with E-state index in [1.807, 2.05) is 0 Å². The van der Waals surface area contributed by atoms with Crippen molar-refractivity contribution in [3.8, 4) is 5.75 Å². The Hall–Kier alpha value is -2.30. The molecule has 5 N–H and O–H groups in total. The molecule has 2 heterocycles. The van der Waals surface area contributed by atoms with Crippen LogP contribution in [0.3, 0.4) is 0 Å². The summed E-state index contributed by atoms with van der Waals surface area (Å²) in [6, 6.07) is 0.971. The van der Waals surface area contributed by atoms with E-state index in [2.05, 4.69) is 0 Å². The fraction of sp³-hybridized carbons (Fsp3) is 0.529. The third-order valence-corrected chi connectivity index (χ3v) is 5.43. The van der Waals surface area contributed by atoms with Gasteiger partial charge in [-0.15, -0.1) is 12.4 Å². The summed E-state index contributed by atoms with van der Waals surface area (Å²) in [5.41, 5.74) is 3.41. The molecule has 1 saturated carbocycles. The first-order chi connectivity index (χ1) is 12.8. The molecule has 0 amide bonds. The van der Waals surface area contributed by atoms with Crippen LogP contribution in [0.1, 0.15) is 25.3 Å². The number of anilines is 1. The molecule has 9 nitrogen and oxygen atoms in total. The summed E-state index contributed by atoms with van der Waals surface area (Å²) in [5, 5.41) is 10.4. The maximum atomic E-state index is 15.0. The van der Waals surface area contributed by atoms with Crippen molar-refractivity contribution in [1.29, 1.82) is 0 Å². The minimum absolute atomic E-state index is 0. The first-order valence-corrected chi connectivity index (χ1v) is 8.81.